The number of benzene rings is 2. The van der Waals surface area contributed by atoms with Crippen LogP contribution in [0.5, 0.6) is 0 Å². The minimum atomic E-state index is -1.11. The van der Waals surface area contributed by atoms with Crippen molar-refractivity contribution < 1.29 is 19.1 Å². The number of alkyl carbamates (subject to hydrolysis) is 1. The zero-order valence-corrected chi connectivity index (χ0v) is 15.1. The van der Waals surface area contributed by atoms with Gasteiger partial charge in [0.05, 0.1) is 12.5 Å². The molecule has 3 amide bonds. The third kappa shape index (κ3) is 6.81. The van der Waals surface area contributed by atoms with E-state index in [9.17, 15) is 14.4 Å². The molecule has 27 heavy (non-hydrogen) atoms. The third-order valence-electron chi connectivity index (χ3n) is 3.88. The number of hydrogen-bond donors (Lipinski definition) is 3. The zero-order valence-electron chi connectivity index (χ0n) is 15.1. The second-order valence-corrected chi connectivity index (χ2v) is 6.07. The highest BCUT2D eigenvalue weighted by molar-refractivity contribution is 5.90. The fraction of sp³-hybridized carbons (Fsp3) is 0.250. The molecule has 0 aliphatic heterocycles. The molecule has 2 atom stereocenters. The van der Waals surface area contributed by atoms with Gasteiger partial charge in [-0.25, -0.2) is 4.79 Å². The first-order valence-electron chi connectivity index (χ1n) is 8.56. The topological polar surface area (TPSA) is 111 Å². The average molecular weight is 369 g/mol. The Morgan fingerprint density at radius 1 is 0.963 bits per heavy atom. The maximum Gasteiger partial charge on any atom is 0.408 e. The molecule has 4 N–H and O–H groups in total. The Bertz CT molecular complexity index is 765. The summed E-state index contributed by atoms with van der Waals surface area (Å²) in [6, 6.07) is 17.0. The quantitative estimate of drug-likeness (QED) is 0.661. The van der Waals surface area contributed by atoms with Gasteiger partial charge in [-0.15, -0.1) is 0 Å². The van der Waals surface area contributed by atoms with Crippen LogP contribution >= 0.6 is 0 Å². The number of carbonyl (C=O) groups is 3. The van der Waals surface area contributed by atoms with Gasteiger partial charge in [0.2, 0.25) is 11.8 Å². The molecular formula is C20H23N3O4. The fourth-order valence-electron chi connectivity index (χ4n) is 2.46. The van der Waals surface area contributed by atoms with Crippen LogP contribution in [0.25, 0.3) is 0 Å². The molecule has 142 valence electrons. The van der Waals surface area contributed by atoms with Crippen LogP contribution in [0, 0.1) is 0 Å². The maximum atomic E-state index is 12.5. The molecule has 2 aromatic rings. The monoisotopic (exact) mass is 369 g/mol. The van der Waals surface area contributed by atoms with E-state index >= 15 is 0 Å². The van der Waals surface area contributed by atoms with Gasteiger partial charge < -0.3 is 21.1 Å². The van der Waals surface area contributed by atoms with Gasteiger partial charge in [0.1, 0.15) is 12.6 Å². The van der Waals surface area contributed by atoms with Crippen molar-refractivity contribution in [2.24, 2.45) is 5.73 Å². The van der Waals surface area contributed by atoms with Crippen LogP contribution < -0.4 is 16.4 Å². The average Bonchev–Trinajstić information content (AvgIpc) is 2.67. The van der Waals surface area contributed by atoms with Gasteiger partial charge in [0.25, 0.3) is 0 Å². The van der Waals surface area contributed by atoms with E-state index in [1.54, 1.807) is 0 Å². The van der Waals surface area contributed by atoms with Crippen molar-refractivity contribution in [1.29, 1.82) is 0 Å². The molecule has 0 fully saturated rings. The molecule has 0 bridgehead atoms. The molecule has 0 radical (unpaired) electrons. The van der Waals surface area contributed by atoms with Crippen molar-refractivity contribution in [2.75, 3.05) is 0 Å². The lowest BCUT2D eigenvalue weighted by Gasteiger charge is -2.20. The first-order chi connectivity index (χ1) is 13.0. The van der Waals surface area contributed by atoms with Crippen LogP contribution in [-0.4, -0.2) is 23.9 Å². The van der Waals surface area contributed by atoms with Gasteiger partial charge in [-0.05, 0) is 18.1 Å². The van der Waals surface area contributed by atoms with Crippen molar-refractivity contribution in [3.8, 4) is 0 Å². The largest absolute Gasteiger partial charge is 0.445 e. The van der Waals surface area contributed by atoms with E-state index in [1.165, 1.54) is 0 Å². The predicted octanol–water partition coefficient (Wildman–Crippen LogP) is 2.03. The molecule has 0 aliphatic rings. The molecule has 0 saturated heterocycles. The van der Waals surface area contributed by atoms with E-state index in [1.807, 2.05) is 67.6 Å². The molecule has 0 saturated carbocycles. The molecule has 2 rings (SSSR count). The first-order valence-corrected chi connectivity index (χ1v) is 8.56. The highest BCUT2D eigenvalue weighted by Gasteiger charge is 2.25. The van der Waals surface area contributed by atoms with Crippen molar-refractivity contribution >= 4 is 17.9 Å². The molecule has 0 aliphatic carbocycles. The van der Waals surface area contributed by atoms with Gasteiger partial charge in [-0.3, -0.25) is 9.59 Å². The summed E-state index contributed by atoms with van der Waals surface area (Å²) in [5, 5.41) is 5.16. The Labute approximate surface area is 157 Å². The van der Waals surface area contributed by atoms with Gasteiger partial charge >= 0.3 is 6.09 Å². The van der Waals surface area contributed by atoms with Crippen molar-refractivity contribution in [1.82, 2.24) is 10.6 Å². The number of amides is 3. The summed E-state index contributed by atoms with van der Waals surface area (Å²) in [6.07, 6.45) is -1.12. The summed E-state index contributed by atoms with van der Waals surface area (Å²) in [4.78, 5) is 35.8. The molecule has 7 heteroatoms. The number of primary amides is 1. The van der Waals surface area contributed by atoms with Crippen molar-refractivity contribution in [2.45, 2.75) is 32.0 Å². The van der Waals surface area contributed by atoms with Gasteiger partial charge in [-0.1, -0.05) is 60.7 Å². The Hall–Kier alpha value is -3.35. The van der Waals surface area contributed by atoms with E-state index in [0.717, 1.165) is 11.1 Å². The zero-order chi connectivity index (χ0) is 19.6. The van der Waals surface area contributed by atoms with Crippen molar-refractivity contribution in [3.63, 3.8) is 0 Å². The number of hydrogen-bond acceptors (Lipinski definition) is 4. The van der Waals surface area contributed by atoms with Crippen LogP contribution in [0.4, 0.5) is 4.79 Å². The molecule has 0 heterocycles. The molecule has 7 nitrogen and oxygen atoms in total. The molecule has 1 unspecified atom stereocenters. The van der Waals surface area contributed by atoms with Crippen LogP contribution in [0.3, 0.4) is 0 Å². The van der Waals surface area contributed by atoms with Crippen LogP contribution in [0.15, 0.2) is 60.7 Å². The Kier molecular flexibility index (Phi) is 7.37. The van der Waals surface area contributed by atoms with Gasteiger partial charge in [-0.2, -0.15) is 0 Å². The summed E-state index contributed by atoms with van der Waals surface area (Å²) in [6.45, 7) is 1.86. The number of ether oxygens (including phenoxy) is 1. The lowest BCUT2D eigenvalue weighted by atomic mass is 10.1. The Morgan fingerprint density at radius 3 is 2.15 bits per heavy atom. The summed E-state index contributed by atoms with van der Waals surface area (Å²) in [5.74, 6) is -1.22. The highest BCUT2D eigenvalue weighted by atomic mass is 16.5. The highest BCUT2D eigenvalue weighted by Crippen LogP contribution is 2.11. The lowest BCUT2D eigenvalue weighted by Crippen LogP contribution is -2.49. The summed E-state index contributed by atoms with van der Waals surface area (Å²) in [7, 11) is 0. The molecular weight excluding hydrogens is 346 g/mol. The molecule has 0 spiro atoms. The minimum absolute atomic E-state index is 0.0536. The van der Waals surface area contributed by atoms with E-state index in [-0.39, 0.29) is 19.1 Å². The maximum absolute atomic E-state index is 12.5. The normalized spacial score (nSPS) is 12.5. The minimum Gasteiger partial charge on any atom is -0.445 e. The molecule has 0 aromatic heterocycles. The van der Waals surface area contributed by atoms with Crippen LogP contribution in [0.2, 0.25) is 0 Å². The Balaban J connectivity index is 1.93. The van der Waals surface area contributed by atoms with Crippen LogP contribution in [-0.2, 0) is 20.9 Å². The van der Waals surface area contributed by atoms with E-state index in [0.29, 0.717) is 0 Å². The smallest absolute Gasteiger partial charge is 0.408 e. The van der Waals surface area contributed by atoms with E-state index in [2.05, 4.69) is 10.6 Å². The summed E-state index contributed by atoms with van der Waals surface area (Å²) < 4.78 is 5.10. The number of rotatable bonds is 8. The Morgan fingerprint density at radius 2 is 1.56 bits per heavy atom. The lowest BCUT2D eigenvalue weighted by molar-refractivity contribution is -0.127. The van der Waals surface area contributed by atoms with Crippen LogP contribution in [0.1, 0.15) is 30.5 Å². The second kappa shape index (κ2) is 9.96. The standard InChI is InChI=1S/C20H23N3O4/c1-14(16-10-6-3-7-11-16)22-19(25)17(12-18(21)24)23-20(26)27-13-15-8-4-2-5-9-15/h2-11,14,17H,12-13H2,1H3,(H2,21,24)(H,22,25)(H,23,26)/t14?,17-/m0/s1. The van der Waals surface area contributed by atoms with Crippen molar-refractivity contribution in [3.05, 3.63) is 71.8 Å². The number of nitrogens with two attached hydrogens (primary N) is 1. The van der Waals surface area contributed by atoms with E-state index < -0.39 is 23.9 Å². The number of nitrogens with one attached hydrogen (secondary N) is 2. The predicted molar refractivity (Wildman–Crippen MR) is 100 cm³/mol. The SMILES string of the molecule is CC(NC(=O)[C@H](CC(N)=O)NC(=O)OCc1ccccc1)c1ccccc1. The third-order valence-corrected chi connectivity index (χ3v) is 3.88. The fourth-order valence-corrected chi connectivity index (χ4v) is 2.46. The summed E-state index contributed by atoms with van der Waals surface area (Å²) in [5.41, 5.74) is 6.91. The second-order valence-electron chi connectivity index (χ2n) is 6.07. The molecule has 2 aromatic carbocycles. The van der Waals surface area contributed by atoms with E-state index in [4.69, 9.17) is 10.5 Å². The van der Waals surface area contributed by atoms with Gasteiger partial charge in [0.15, 0.2) is 0 Å². The summed E-state index contributed by atoms with van der Waals surface area (Å²) >= 11 is 0. The number of carbonyl (C=O) groups excluding carboxylic acids is 3. The van der Waals surface area contributed by atoms with Gasteiger partial charge in [0, 0.05) is 0 Å². The first kappa shape index (κ1) is 20.0.